The number of carbonyl (C=O) groups is 2. The van der Waals surface area contributed by atoms with E-state index in [0.29, 0.717) is 23.7 Å². The molecule has 0 aromatic heterocycles. The lowest BCUT2D eigenvalue weighted by molar-refractivity contribution is -0.141. The first kappa shape index (κ1) is 33.1. The molecule has 7 nitrogen and oxygen atoms in total. The summed E-state index contributed by atoms with van der Waals surface area (Å²) < 4.78 is 26.8. The summed E-state index contributed by atoms with van der Waals surface area (Å²) in [5.74, 6) is -0.404. The number of amides is 2. The number of nitrogens with one attached hydrogen (secondary N) is 1. The fourth-order valence-electron chi connectivity index (χ4n) is 4.78. The number of unbranched alkanes of at least 4 members (excludes halogenated alkanes) is 1. The van der Waals surface area contributed by atoms with Gasteiger partial charge in [-0.25, -0.2) is 8.42 Å². The monoisotopic (exact) mass is 611 g/mol. The third-order valence-electron chi connectivity index (χ3n) is 7.17. The summed E-state index contributed by atoms with van der Waals surface area (Å²) in [6.07, 6.45) is 3.66. The second kappa shape index (κ2) is 15.8. The fraction of sp³-hybridized carbons (Fsp3) is 0.394. The van der Waals surface area contributed by atoms with Gasteiger partial charge in [0.1, 0.15) is 6.04 Å². The number of hydrogen-bond donors (Lipinski definition) is 1. The third-order valence-corrected chi connectivity index (χ3v) is 8.58. The van der Waals surface area contributed by atoms with Crippen molar-refractivity contribution >= 4 is 39.1 Å². The van der Waals surface area contributed by atoms with Crippen LogP contribution < -0.4 is 9.62 Å². The molecule has 2 amide bonds. The second-order valence-corrected chi connectivity index (χ2v) is 13.1. The van der Waals surface area contributed by atoms with E-state index in [1.54, 1.807) is 23.1 Å². The van der Waals surface area contributed by atoms with Gasteiger partial charge in [-0.2, -0.15) is 0 Å². The van der Waals surface area contributed by atoms with Crippen molar-refractivity contribution in [3.63, 3.8) is 0 Å². The minimum atomic E-state index is -3.63. The third kappa shape index (κ3) is 9.88. The number of halogens is 1. The summed E-state index contributed by atoms with van der Waals surface area (Å²) in [4.78, 5) is 29.1. The minimum absolute atomic E-state index is 0.0744. The van der Waals surface area contributed by atoms with Crippen molar-refractivity contribution in [3.05, 3.63) is 100 Å². The maximum atomic E-state index is 13.9. The molecule has 0 heterocycles. The molecule has 0 aliphatic carbocycles. The van der Waals surface area contributed by atoms with Crippen LogP contribution in [0.15, 0.2) is 72.8 Å². The number of hydrogen-bond acceptors (Lipinski definition) is 4. The average molecular weight is 612 g/mol. The molecule has 0 aliphatic rings. The van der Waals surface area contributed by atoms with Crippen molar-refractivity contribution in [2.24, 2.45) is 0 Å². The molecule has 0 bridgehead atoms. The molecule has 0 fully saturated rings. The lowest BCUT2D eigenvalue weighted by atomic mass is 10.0. The van der Waals surface area contributed by atoms with E-state index < -0.39 is 16.1 Å². The van der Waals surface area contributed by atoms with Crippen molar-refractivity contribution in [2.75, 3.05) is 23.7 Å². The molecule has 1 atom stereocenters. The predicted molar refractivity (Wildman–Crippen MR) is 171 cm³/mol. The molecule has 0 saturated carbocycles. The van der Waals surface area contributed by atoms with Crippen LogP contribution in [0.25, 0.3) is 0 Å². The molecule has 3 aromatic rings. The zero-order valence-electron chi connectivity index (χ0n) is 25.0. The van der Waals surface area contributed by atoms with Crippen LogP contribution in [0, 0.1) is 13.8 Å². The normalized spacial score (nSPS) is 12.0. The van der Waals surface area contributed by atoms with Gasteiger partial charge in [0.15, 0.2) is 0 Å². The standard InChI is InChI=1S/C33H42ClN3O4S/c1-5-6-20-35-33(39)31(22-27-11-8-7-9-12-27)36(24-28-17-14-25(2)15-18-28)32(38)13-10-21-37(42(4,40)41)30-23-29(34)19-16-26(30)3/h7-9,11-12,14-19,23,31H,5-6,10,13,20-22,24H2,1-4H3,(H,35,39)/t31-/m1/s1. The quantitative estimate of drug-likeness (QED) is 0.212. The highest BCUT2D eigenvalue weighted by Gasteiger charge is 2.30. The highest BCUT2D eigenvalue weighted by Crippen LogP contribution is 2.27. The largest absolute Gasteiger partial charge is 0.354 e. The summed E-state index contributed by atoms with van der Waals surface area (Å²) >= 11 is 6.18. The van der Waals surface area contributed by atoms with Gasteiger partial charge in [-0.1, -0.05) is 91.2 Å². The van der Waals surface area contributed by atoms with Crippen LogP contribution in [-0.4, -0.2) is 50.5 Å². The fourth-order valence-corrected chi connectivity index (χ4v) is 5.97. The smallest absolute Gasteiger partial charge is 0.243 e. The zero-order valence-corrected chi connectivity index (χ0v) is 26.5. The number of benzene rings is 3. The van der Waals surface area contributed by atoms with E-state index in [1.807, 2.05) is 68.4 Å². The first-order valence-electron chi connectivity index (χ1n) is 14.4. The average Bonchev–Trinajstić information content (AvgIpc) is 2.95. The van der Waals surface area contributed by atoms with Gasteiger partial charge in [-0.05, 0) is 55.5 Å². The predicted octanol–water partition coefficient (Wildman–Crippen LogP) is 6.06. The van der Waals surface area contributed by atoms with Gasteiger partial charge in [0.2, 0.25) is 21.8 Å². The van der Waals surface area contributed by atoms with Crippen LogP contribution in [-0.2, 0) is 32.6 Å². The lowest BCUT2D eigenvalue weighted by Crippen LogP contribution is -2.50. The Kier molecular flexibility index (Phi) is 12.4. The maximum absolute atomic E-state index is 13.9. The maximum Gasteiger partial charge on any atom is 0.243 e. The first-order chi connectivity index (χ1) is 20.0. The Balaban J connectivity index is 1.88. The summed E-state index contributed by atoms with van der Waals surface area (Å²) in [5, 5.41) is 3.46. The molecular weight excluding hydrogens is 570 g/mol. The Labute approximate surface area is 255 Å². The van der Waals surface area contributed by atoms with Crippen LogP contribution in [0.5, 0.6) is 0 Å². The van der Waals surface area contributed by atoms with Crippen molar-refractivity contribution in [2.45, 2.75) is 65.5 Å². The van der Waals surface area contributed by atoms with Gasteiger partial charge in [0, 0.05) is 37.5 Å². The Morgan fingerprint density at radius 3 is 2.26 bits per heavy atom. The molecule has 0 saturated heterocycles. The SMILES string of the molecule is CCCCNC(=O)[C@@H](Cc1ccccc1)N(Cc1ccc(C)cc1)C(=O)CCCN(c1cc(Cl)ccc1C)S(C)(=O)=O. The van der Waals surface area contributed by atoms with E-state index in [9.17, 15) is 18.0 Å². The molecule has 42 heavy (non-hydrogen) atoms. The summed E-state index contributed by atoms with van der Waals surface area (Å²) in [5.41, 5.74) is 4.23. The van der Waals surface area contributed by atoms with Gasteiger partial charge >= 0.3 is 0 Å². The van der Waals surface area contributed by atoms with Gasteiger partial charge in [-0.15, -0.1) is 0 Å². The van der Waals surface area contributed by atoms with Gasteiger partial charge < -0.3 is 10.2 Å². The summed E-state index contributed by atoms with van der Waals surface area (Å²) in [6, 6.07) is 22.0. The Hall–Kier alpha value is -3.36. The highest BCUT2D eigenvalue weighted by atomic mass is 35.5. The second-order valence-electron chi connectivity index (χ2n) is 10.7. The summed E-state index contributed by atoms with van der Waals surface area (Å²) in [6.45, 7) is 6.79. The topological polar surface area (TPSA) is 86.8 Å². The molecule has 3 aromatic carbocycles. The number of anilines is 1. The van der Waals surface area contributed by atoms with Gasteiger partial charge in [0.25, 0.3) is 0 Å². The molecular formula is C33H42ClN3O4S. The van der Waals surface area contributed by atoms with Gasteiger partial charge in [-0.3, -0.25) is 13.9 Å². The Bertz CT molecular complexity index is 1430. The van der Waals surface area contributed by atoms with Gasteiger partial charge in [0.05, 0.1) is 11.9 Å². The minimum Gasteiger partial charge on any atom is -0.354 e. The molecule has 9 heteroatoms. The van der Waals surface area contributed by atoms with Crippen molar-refractivity contribution in [1.82, 2.24) is 10.2 Å². The van der Waals surface area contributed by atoms with Crippen LogP contribution in [0.1, 0.15) is 54.9 Å². The van der Waals surface area contributed by atoms with Crippen molar-refractivity contribution in [1.29, 1.82) is 0 Å². The number of rotatable bonds is 15. The zero-order chi connectivity index (χ0) is 30.7. The van der Waals surface area contributed by atoms with E-state index in [-0.39, 0.29) is 37.7 Å². The van der Waals surface area contributed by atoms with Crippen LogP contribution in [0.4, 0.5) is 5.69 Å². The first-order valence-corrected chi connectivity index (χ1v) is 16.6. The number of nitrogens with zero attached hydrogens (tertiary/aromatic N) is 2. The van der Waals surface area contributed by atoms with Crippen LogP contribution in [0.2, 0.25) is 5.02 Å². The van der Waals surface area contributed by atoms with E-state index in [0.717, 1.165) is 41.4 Å². The molecule has 0 unspecified atom stereocenters. The molecule has 3 rings (SSSR count). The lowest BCUT2D eigenvalue weighted by Gasteiger charge is -2.32. The van der Waals surface area contributed by atoms with E-state index >= 15 is 0 Å². The number of carbonyl (C=O) groups excluding carboxylic acids is 2. The van der Waals surface area contributed by atoms with E-state index in [1.165, 1.54) is 4.31 Å². The van der Waals surface area contributed by atoms with Crippen LogP contribution >= 0.6 is 11.6 Å². The van der Waals surface area contributed by atoms with Crippen LogP contribution in [0.3, 0.4) is 0 Å². The van der Waals surface area contributed by atoms with E-state index in [2.05, 4.69) is 12.2 Å². The molecule has 0 radical (unpaired) electrons. The molecule has 0 spiro atoms. The molecule has 0 aliphatic heterocycles. The molecule has 1 N–H and O–H groups in total. The number of sulfonamides is 1. The number of aryl methyl sites for hydroxylation is 2. The Morgan fingerprint density at radius 2 is 1.62 bits per heavy atom. The van der Waals surface area contributed by atoms with Crippen molar-refractivity contribution < 1.29 is 18.0 Å². The Morgan fingerprint density at radius 1 is 0.929 bits per heavy atom. The highest BCUT2D eigenvalue weighted by molar-refractivity contribution is 7.92. The van der Waals surface area contributed by atoms with Crippen molar-refractivity contribution in [3.8, 4) is 0 Å². The van der Waals surface area contributed by atoms with E-state index in [4.69, 9.17) is 11.6 Å². The molecule has 226 valence electrons. The summed E-state index contributed by atoms with van der Waals surface area (Å²) in [7, 11) is -3.63.